The molecule has 2 rings (SSSR count). The second-order valence-electron chi connectivity index (χ2n) is 4.89. The van der Waals surface area contributed by atoms with E-state index in [2.05, 4.69) is 22.5 Å². The average Bonchev–Trinajstić information content (AvgIpc) is 2.88. The molecule has 1 aliphatic rings. The molecule has 110 valence electrons. The molecule has 20 heavy (non-hydrogen) atoms. The van der Waals surface area contributed by atoms with Gasteiger partial charge in [-0.25, -0.2) is 4.79 Å². The number of carbonyl (C=O) groups excluding carboxylic acids is 1. The van der Waals surface area contributed by atoms with Crippen LogP contribution in [0.15, 0.2) is 18.2 Å². The highest BCUT2D eigenvalue weighted by atomic mass is 35.5. The first kappa shape index (κ1) is 15.4. The van der Waals surface area contributed by atoms with Crippen molar-refractivity contribution in [2.24, 2.45) is 0 Å². The fraction of sp³-hybridized carbons (Fsp3) is 0.500. The number of likely N-dealkylation sites (N-methyl/N-ethyl adjacent to an activating group) is 1. The maximum absolute atomic E-state index is 11.8. The molecule has 0 saturated carbocycles. The molecule has 2 N–H and O–H groups in total. The van der Waals surface area contributed by atoms with Gasteiger partial charge in [0.1, 0.15) is 0 Å². The summed E-state index contributed by atoms with van der Waals surface area (Å²) in [6.45, 7) is 4.97. The second kappa shape index (κ2) is 7.16. The van der Waals surface area contributed by atoms with E-state index in [0.29, 0.717) is 28.3 Å². The summed E-state index contributed by atoms with van der Waals surface area (Å²) in [4.78, 5) is 14.2. The summed E-state index contributed by atoms with van der Waals surface area (Å²) >= 11 is 11.7. The van der Waals surface area contributed by atoms with Gasteiger partial charge >= 0.3 is 6.03 Å². The Morgan fingerprint density at radius 2 is 2.20 bits per heavy atom. The molecule has 1 aromatic carbocycles. The molecule has 0 aliphatic carbocycles. The van der Waals surface area contributed by atoms with Gasteiger partial charge in [-0.1, -0.05) is 30.1 Å². The van der Waals surface area contributed by atoms with E-state index in [9.17, 15) is 4.79 Å². The lowest BCUT2D eigenvalue weighted by Crippen LogP contribution is -2.41. The van der Waals surface area contributed by atoms with E-state index in [0.717, 1.165) is 19.5 Å². The van der Waals surface area contributed by atoms with Crippen LogP contribution >= 0.6 is 23.2 Å². The predicted octanol–water partition coefficient (Wildman–Crippen LogP) is 3.60. The molecular weight excluding hydrogens is 297 g/mol. The third kappa shape index (κ3) is 4.01. The molecule has 1 fully saturated rings. The minimum Gasteiger partial charge on any atom is -0.336 e. The number of nitrogens with zero attached hydrogens (tertiary/aromatic N) is 1. The first-order chi connectivity index (χ1) is 9.60. The van der Waals surface area contributed by atoms with Crippen LogP contribution in [0.3, 0.4) is 0 Å². The third-order valence-electron chi connectivity index (χ3n) is 3.58. The topological polar surface area (TPSA) is 44.4 Å². The highest BCUT2D eigenvalue weighted by Crippen LogP contribution is 2.24. The Morgan fingerprint density at radius 3 is 2.90 bits per heavy atom. The molecule has 0 bridgehead atoms. The number of urea groups is 1. The monoisotopic (exact) mass is 315 g/mol. The van der Waals surface area contributed by atoms with Crippen molar-refractivity contribution in [3.05, 3.63) is 28.2 Å². The summed E-state index contributed by atoms with van der Waals surface area (Å²) in [7, 11) is 0. The van der Waals surface area contributed by atoms with Gasteiger partial charge in [-0.05, 0) is 44.1 Å². The number of nitrogens with one attached hydrogen (secondary N) is 2. The number of anilines is 1. The van der Waals surface area contributed by atoms with Gasteiger partial charge in [0.25, 0.3) is 0 Å². The normalized spacial score (nSPS) is 19.1. The van der Waals surface area contributed by atoms with Gasteiger partial charge in [-0.15, -0.1) is 0 Å². The zero-order chi connectivity index (χ0) is 14.5. The van der Waals surface area contributed by atoms with Gasteiger partial charge in [0.05, 0.1) is 10.0 Å². The molecule has 1 atom stereocenters. The smallest absolute Gasteiger partial charge is 0.319 e. The van der Waals surface area contributed by atoms with Crippen molar-refractivity contribution in [3.63, 3.8) is 0 Å². The van der Waals surface area contributed by atoms with E-state index >= 15 is 0 Å². The number of hydrogen-bond acceptors (Lipinski definition) is 2. The molecule has 0 spiro atoms. The summed E-state index contributed by atoms with van der Waals surface area (Å²) in [5.74, 6) is 0. The summed E-state index contributed by atoms with van der Waals surface area (Å²) in [6, 6.07) is 5.25. The van der Waals surface area contributed by atoms with Crippen LogP contribution in [-0.2, 0) is 0 Å². The molecule has 1 saturated heterocycles. The SMILES string of the molecule is CCN1CCC[C@H]1CNC(=O)Nc1ccc(Cl)c(Cl)c1. The Morgan fingerprint density at radius 1 is 1.40 bits per heavy atom. The van der Waals surface area contributed by atoms with Crippen molar-refractivity contribution >= 4 is 34.9 Å². The van der Waals surface area contributed by atoms with Gasteiger partial charge in [-0.3, -0.25) is 4.90 Å². The number of rotatable bonds is 4. The maximum atomic E-state index is 11.8. The Bertz CT molecular complexity index is 481. The number of hydrogen-bond donors (Lipinski definition) is 2. The molecule has 2 amide bonds. The van der Waals surface area contributed by atoms with Crippen LogP contribution in [0.2, 0.25) is 10.0 Å². The van der Waals surface area contributed by atoms with Crippen molar-refractivity contribution in [1.82, 2.24) is 10.2 Å². The van der Waals surface area contributed by atoms with Gasteiger partial charge in [0, 0.05) is 18.3 Å². The van der Waals surface area contributed by atoms with E-state index in [4.69, 9.17) is 23.2 Å². The van der Waals surface area contributed by atoms with E-state index in [1.807, 2.05) is 0 Å². The number of amides is 2. The molecule has 1 aliphatic heterocycles. The number of benzene rings is 1. The molecular formula is C14H19Cl2N3O. The first-order valence-corrected chi connectivity index (χ1v) is 7.59. The molecule has 1 heterocycles. The molecule has 0 radical (unpaired) electrons. The third-order valence-corrected chi connectivity index (χ3v) is 4.32. The van der Waals surface area contributed by atoms with Crippen LogP contribution in [0.1, 0.15) is 19.8 Å². The Hall–Kier alpha value is -0.970. The minimum absolute atomic E-state index is 0.216. The maximum Gasteiger partial charge on any atom is 0.319 e. The van der Waals surface area contributed by atoms with Crippen LogP contribution in [0.25, 0.3) is 0 Å². The van der Waals surface area contributed by atoms with Gasteiger partial charge < -0.3 is 10.6 Å². The lowest BCUT2D eigenvalue weighted by molar-refractivity contribution is 0.238. The highest BCUT2D eigenvalue weighted by Gasteiger charge is 2.23. The highest BCUT2D eigenvalue weighted by molar-refractivity contribution is 6.42. The van der Waals surface area contributed by atoms with E-state index in [1.54, 1.807) is 18.2 Å². The minimum atomic E-state index is -0.216. The Labute approximate surface area is 129 Å². The lowest BCUT2D eigenvalue weighted by atomic mass is 10.2. The quantitative estimate of drug-likeness (QED) is 0.891. The van der Waals surface area contributed by atoms with Gasteiger partial charge in [0.15, 0.2) is 0 Å². The summed E-state index contributed by atoms with van der Waals surface area (Å²) < 4.78 is 0. The van der Waals surface area contributed by atoms with Crippen LogP contribution in [0.4, 0.5) is 10.5 Å². The fourth-order valence-electron chi connectivity index (χ4n) is 2.50. The number of halogens is 2. The number of carbonyl (C=O) groups is 1. The standard InChI is InChI=1S/C14H19Cl2N3O/c1-2-19-7-3-4-11(19)9-17-14(20)18-10-5-6-12(15)13(16)8-10/h5-6,8,11H,2-4,7,9H2,1H3,(H2,17,18,20)/t11-/m0/s1. The van der Waals surface area contributed by atoms with Crippen LogP contribution in [0.5, 0.6) is 0 Å². The Balaban J connectivity index is 1.81. The summed E-state index contributed by atoms with van der Waals surface area (Å²) in [5, 5.41) is 6.56. The number of likely N-dealkylation sites (tertiary alicyclic amines) is 1. The van der Waals surface area contributed by atoms with Gasteiger partial charge in [-0.2, -0.15) is 0 Å². The average molecular weight is 316 g/mol. The van der Waals surface area contributed by atoms with Crippen LogP contribution in [0, 0.1) is 0 Å². The van der Waals surface area contributed by atoms with Crippen LogP contribution in [-0.4, -0.2) is 36.6 Å². The lowest BCUT2D eigenvalue weighted by Gasteiger charge is -2.22. The van der Waals surface area contributed by atoms with Crippen molar-refractivity contribution in [3.8, 4) is 0 Å². The van der Waals surface area contributed by atoms with Crippen LogP contribution < -0.4 is 10.6 Å². The molecule has 0 unspecified atom stereocenters. The fourth-order valence-corrected chi connectivity index (χ4v) is 2.80. The van der Waals surface area contributed by atoms with Crippen molar-refractivity contribution < 1.29 is 4.79 Å². The first-order valence-electron chi connectivity index (χ1n) is 6.84. The zero-order valence-electron chi connectivity index (χ0n) is 11.5. The molecule has 4 nitrogen and oxygen atoms in total. The van der Waals surface area contributed by atoms with E-state index < -0.39 is 0 Å². The zero-order valence-corrected chi connectivity index (χ0v) is 13.0. The summed E-state index contributed by atoms with van der Waals surface area (Å²) in [5.41, 5.74) is 0.635. The summed E-state index contributed by atoms with van der Waals surface area (Å²) in [6.07, 6.45) is 2.34. The largest absolute Gasteiger partial charge is 0.336 e. The van der Waals surface area contributed by atoms with E-state index in [-0.39, 0.29) is 6.03 Å². The predicted molar refractivity (Wildman–Crippen MR) is 83.8 cm³/mol. The molecule has 0 aromatic heterocycles. The van der Waals surface area contributed by atoms with Crippen molar-refractivity contribution in [1.29, 1.82) is 0 Å². The second-order valence-corrected chi connectivity index (χ2v) is 5.70. The van der Waals surface area contributed by atoms with E-state index in [1.165, 1.54) is 6.42 Å². The molecule has 6 heteroatoms. The van der Waals surface area contributed by atoms with Gasteiger partial charge in [0.2, 0.25) is 0 Å². The van der Waals surface area contributed by atoms with Crippen molar-refractivity contribution in [2.45, 2.75) is 25.8 Å². The van der Waals surface area contributed by atoms with Crippen molar-refractivity contribution in [2.75, 3.05) is 25.0 Å². The Kier molecular flexibility index (Phi) is 5.52. The molecule has 1 aromatic rings.